The summed E-state index contributed by atoms with van der Waals surface area (Å²) in [5, 5.41) is 3.08. The smallest absolute Gasteiger partial charge is 0.193 e. The van der Waals surface area contributed by atoms with E-state index in [4.69, 9.17) is 5.73 Å². The molecule has 0 saturated carbocycles. The molecule has 0 fully saturated rings. The van der Waals surface area contributed by atoms with Crippen LogP contribution >= 0.6 is 24.0 Å². The van der Waals surface area contributed by atoms with Gasteiger partial charge in [0.05, 0.1) is 6.54 Å². The second-order valence-electron chi connectivity index (χ2n) is 5.20. The zero-order valence-corrected chi connectivity index (χ0v) is 15.5. The second-order valence-corrected chi connectivity index (χ2v) is 5.20. The molecule has 22 heavy (non-hydrogen) atoms. The van der Waals surface area contributed by atoms with E-state index in [1.807, 2.05) is 44.4 Å². The van der Waals surface area contributed by atoms with Gasteiger partial charge in [0.1, 0.15) is 0 Å². The summed E-state index contributed by atoms with van der Waals surface area (Å²) in [4.78, 5) is 6.48. The maximum Gasteiger partial charge on any atom is 0.193 e. The number of rotatable bonds is 4. The summed E-state index contributed by atoms with van der Waals surface area (Å²) >= 11 is 0. The molecule has 4 nitrogen and oxygen atoms in total. The molecule has 0 aromatic heterocycles. The molecule has 2 rings (SSSR count). The molecule has 0 aliphatic heterocycles. The van der Waals surface area contributed by atoms with Gasteiger partial charge in [-0.05, 0) is 42.3 Å². The molecule has 2 aromatic carbocycles. The van der Waals surface area contributed by atoms with Crippen LogP contribution in [0.5, 0.6) is 0 Å². The number of nitrogens with two attached hydrogens (primary N) is 1. The quantitative estimate of drug-likeness (QED) is 0.460. The molecular weight excluding hydrogens is 387 g/mol. The fraction of sp³-hybridized carbons (Fsp3) is 0.235. The van der Waals surface area contributed by atoms with Crippen LogP contribution in [0.1, 0.15) is 11.1 Å². The highest BCUT2D eigenvalue weighted by atomic mass is 127. The summed E-state index contributed by atoms with van der Waals surface area (Å²) in [5.74, 6) is 0.428. The van der Waals surface area contributed by atoms with Crippen molar-refractivity contribution in [3.05, 3.63) is 59.7 Å². The summed E-state index contributed by atoms with van der Waals surface area (Å²) in [5.41, 5.74) is 10.4. The second kappa shape index (κ2) is 8.63. The highest BCUT2D eigenvalue weighted by Gasteiger charge is 2.01. The third-order valence-electron chi connectivity index (χ3n) is 3.31. The Balaban J connectivity index is 0.00000242. The van der Waals surface area contributed by atoms with Gasteiger partial charge in [0.15, 0.2) is 5.96 Å². The summed E-state index contributed by atoms with van der Waals surface area (Å²) in [7, 11) is 4.07. The Morgan fingerprint density at radius 3 is 2.41 bits per heavy atom. The van der Waals surface area contributed by atoms with Crippen LogP contribution < -0.4 is 16.0 Å². The van der Waals surface area contributed by atoms with Crippen molar-refractivity contribution in [2.24, 2.45) is 10.7 Å². The number of aryl methyl sites for hydroxylation is 1. The monoisotopic (exact) mass is 410 g/mol. The number of aliphatic imine (C=N–C) groups is 1. The van der Waals surface area contributed by atoms with Crippen LogP contribution in [0.4, 0.5) is 11.4 Å². The Hall–Kier alpha value is -1.76. The molecule has 0 radical (unpaired) electrons. The fourth-order valence-corrected chi connectivity index (χ4v) is 2.01. The van der Waals surface area contributed by atoms with E-state index in [1.165, 1.54) is 16.8 Å². The van der Waals surface area contributed by atoms with Gasteiger partial charge in [0.2, 0.25) is 0 Å². The van der Waals surface area contributed by atoms with Gasteiger partial charge in [-0.2, -0.15) is 0 Å². The van der Waals surface area contributed by atoms with Crippen LogP contribution in [0.2, 0.25) is 0 Å². The number of halogens is 1. The standard InChI is InChI=1S/C17H22N4.HI/c1-13-11-16(21(2)3)10-9-14(13)12-19-17(18)20-15-7-5-4-6-8-15;/h4-11H,12H2,1-3H3,(H3,18,19,20);1H. The largest absolute Gasteiger partial charge is 0.378 e. The van der Waals surface area contributed by atoms with Gasteiger partial charge >= 0.3 is 0 Å². The Kier molecular flexibility index (Phi) is 7.17. The lowest BCUT2D eigenvalue weighted by molar-refractivity contribution is 1.03. The number of hydrogen-bond donors (Lipinski definition) is 2. The molecule has 0 aliphatic rings. The van der Waals surface area contributed by atoms with E-state index in [2.05, 4.69) is 40.3 Å². The molecular formula is C17H23IN4. The van der Waals surface area contributed by atoms with Gasteiger partial charge in [-0.25, -0.2) is 4.99 Å². The predicted molar refractivity (Wildman–Crippen MR) is 106 cm³/mol. The number of para-hydroxylation sites is 1. The molecule has 0 spiro atoms. The van der Waals surface area contributed by atoms with Gasteiger partial charge in [-0.3, -0.25) is 0 Å². The molecule has 0 amide bonds. The van der Waals surface area contributed by atoms with E-state index >= 15 is 0 Å². The molecule has 0 atom stereocenters. The average molecular weight is 410 g/mol. The van der Waals surface area contributed by atoms with Gasteiger partial charge < -0.3 is 16.0 Å². The Morgan fingerprint density at radius 1 is 1.14 bits per heavy atom. The highest BCUT2D eigenvalue weighted by Crippen LogP contribution is 2.18. The third kappa shape index (κ3) is 5.22. The number of nitrogens with one attached hydrogen (secondary N) is 1. The Labute approximate surface area is 149 Å². The minimum Gasteiger partial charge on any atom is -0.378 e. The summed E-state index contributed by atoms with van der Waals surface area (Å²) in [6.45, 7) is 2.67. The van der Waals surface area contributed by atoms with Crippen LogP contribution in [0.25, 0.3) is 0 Å². The normalized spacial score (nSPS) is 10.8. The van der Waals surface area contributed by atoms with Crippen molar-refractivity contribution in [1.29, 1.82) is 0 Å². The zero-order valence-electron chi connectivity index (χ0n) is 13.2. The Morgan fingerprint density at radius 2 is 1.82 bits per heavy atom. The highest BCUT2D eigenvalue weighted by molar-refractivity contribution is 14.0. The lowest BCUT2D eigenvalue weighted by Crippen LogP contribution is -2.22. The average Bonchev–Trinajstić information content (AvgIpc) is 2.47. The first kappa shape index (κ1) is 18.3. The first-order chi connectivity index (χ1) is 10.1. The summed E-state index contributed by atoms with van der Waals surface area (Å²) < 4.78 is 0. The topological polar surface area (TPSA) is 53.6 Å². The van der Waals surface area contributed by atoms with Crippen LogP contribution in [0, 0.1) is 6.92 Å². The first-order valence-electron chi connectivity index (χ1n) is 6.95. The number of hydrogen-bond acceptors (Lipinski definition) is 2. The van der Waals surface area contributed by atoms with Crippen molar-refractivity contribution >= 4 is 41.3 Å². The maximum atomic E-state index is 5.91. The van der Waals surface area contributed by atoms with E-state index in [9.17, 15) is 0 Å². The van der Waals surface area contributed by atoms with Gasteiger partial charge in [-0.15, -0.1) is 24.0 Å². The molecule has 0 saturated heterocycles. The lowest BCUT2D eigenvalue weighted by atomic mass is 10.1. The zero-order chi connectivity index (χ0) is 15.2. The number of nitrogens with zero attached hydrogens (tertiary/aromatic N) is 2. The molecule has 0 heterocycles. The summed E-state index contributed by atoms with van der Waals surface area (Å²) in [6.07, 6.45) is 0. The van der Waals surface area contributed by atoms with Crippen LogP contribution in [0.15, 0.2) is 53.5 Å². The molecule has 0 bridgehead atoms. The SMILES string of the molecule is Cc1cc(N(C)C)ccc1CN=C(N)Nc1ccccc1.I. The van der Waals surface area contributed by atoms with Crippen molar-refractivity contribution < 1.29 is 0 Å². The number of anilines is 2. The minimum atomic E-state index is 0. The fourth-order valence-electron chi connectivity index (χ4n) is 2.01. The van der Waals surface area contributed by atoms with Crippen molar-refractivity contribution in [3.63, 3.8) is 0 Å². The molecule has 0 aliphatic carbocycles. The molecule has 118 valence electrons. The molecule has 2 aromatic rings. The van der Waals surface area contributed by atoms with Gasteiger partial charge in [0, 0.05) is 25.5 Å². The maximum absolute atomic E-state index is 5.91. The van der Waals surface area contributed by atoms with E-state index in [1.54, 1.807) is 0 Å². The number of guanidine groups is 1. The Bertz CT molecular complexity index is 624. The molecule has 5 heteroatoms. The van der Waals surface area contributed by atoms with Crippen molar-refractivity contribution in [2.75, 3.05) is 24.3 Å². The van der Waals surface area contributed by atoms with Crippen LogP contribution in [0.3, 0.4) is 0 Å². The molecule has 0 unspecified atom stereocenters. The lowest BCUT2D eigenvalue weighted by Gasteiger charge is -2.14. The number of benzene rings is 2. The minimum absolute atomic E-state index is 0. The van der Waals surface area contributed by atoms with E-state index in [-0.39, 0.29) is 24.0 Å². The van der Waals surface area contributed by atoms with E-state index in [0.717, 1.165) is 5.69 Å². The predicted octanol–water partition coefficient (Wildman–Crippen LogP) is 3.61. The first-order valence-corrected chi connectivity index (χ1v) is 6.95. The van der Waals surface area contributed by atoms with Crippen molar-refractivity contribution in [1.82, 2.24) is 0 Å². The van der Waals surface area contributed by atoms with Crippen LogP contribution in [-0.2, 0) is 6.54 Å². The molecule has 3 N–H and O–H groups in total. The van der Waals surface area contributed by atoms with E-state index in [0.29, 0.717) is 12.5 Å². The summed E-state index contributed by atoms with van der Waals surface area (Å²) in [6, 6.07) is 16.2. The van der Waals surface area contributed by atoms with Crippen LogP contribution in [-0.4, -0.2) is 20.1 Å². The van der Waals surface area contributed by atoms with Crippen molar-refractivity contribution in [2.45, 2.75) is 13.5 Å². The third-order valence-corrected chi connectivity index (χ3v) is 3.31. The van der Waals surface area contributed by atoms with Gasteiger partial charge in [0.25, 0.3) is 0 Å². The van der Waals surface area contributed by atoms with Gasteiger partial charge in [-0.1, -0.05) is 24.3 Å². The van der Waals surface area contributed by atoms with E-state index < -0.39 is 0 Å². The van der Waals surface area contributed by atoms with Crippen molar-refractivity contribution in [3.8, 4) is 0 Å².